The minimum atomic E-state index is -0.208. The Morgan fingerprint density at radius 3 is 2.59 bits per heavy atom. The number of benzene rings is 1. The number of hydrogen-bond donors (Lipinski definition) is 2. The molecule has 5 rings (SSSR count). The number of nitrogens with one attached hydrogen (secondary N) is 2. The number of amides is 3. The average Bonchev–Trinajstić information content (AvgIpc) is 3.76. The van der Waals surface area contributed by atoms with Crippen molar-refractivity contribution in [1.82, 2.24) is 15.3 Å². The second-order valence-electron chi connectivity index (χ2n) is 9.98. The van der Waals surface area contributed by atoms with E-state index in [1.54, 1.807) is 35.2 Å². The zero-order chi connectivity index (χ0) is 26.8. The smallest absolute Gasteiger partial charge is 0.330 e. The lowest BCUT2D eigenvalue weighted by Gasteiger charge is -2.37. The molecule has 0 radical (unpaired) electrons. The minimum absolute atomic E-state index is 0. The molecule has 0 saturated heterocycles. The molecule has 0 bridgehead atoms. The Morgan fingerprint density at radius 1 is 1.18 bits per heavy atom. The zero-order valence-corrected chi connectivity index (χ0v) is 22.5. The Bertz CT molecular complexity index is 1240. The summed E-state index contributed by atoms with van der Waals surface area (Å²) in [5, 5.41) is 6.77. The second-order valence-corrected chi connectivity index (χ2v) is 10.4. The van der Waals surface area contributed by atoms with Crippen LogP contribution in [-0.2, 0) is 11.3 Å². The fourth-order valence-corrected chi connectivity index (χ4v) is 5.39. The summed E-state index contributed by atoms with van der Waals surface area (Å²) in [6, 6.07) is 3.16. The Balaban J connectivity index is 0.00000353. The van der Waals surface area contributed by atoms with Crippen LogP contribution in [0.4, 0.5) is 22.2 Å². The fraction of sp³-hybridized carbons (Fsp3) is 0.500. The first-order valence-electron chi connectivity index (χ1n) is 13.0. The Labute approximate surface area is 234 Å². The van der Waals surface area contributed by atoms with Crippen molar-refractivity contribution >= 4 is 41.0 Å². The Kier molecular flexibility index (Phi) is 8.84. The highest BCUT2D eigenvalue weighted by molar-refractivity contribution is 6.35. The van der Waals surface area contributed by atoms with Crippen LogP contribution in [0.1, 0.15) is 51.5 Å². The number of carbonyl (C=O) groups excluding carboxylic acids is 2. The van der Waals surface area contributed by atoms with Crippen LogP contribution in [0.25, 0.3) is 0 Å². The number of hydrogen-bond acceptors (Lipinski definition) is 7. The van der Waals surface area contributed by atoms with Gasteiger partial charge in [-0.05, 0) is 37.7 Å². The molecule has 1 aromatic heterocycles. The molecule has 210 valence electrons. The molecule has 1 aromatic carbocycles. The summed E-state index contributed by atoms with van der Waals surface area (Å²) in [5.41, 5.74) is 1.32. The van der Waals surface area contributed by atoms with Crippen LogP contribution < -0.4 is 29.9 Å². The molecule has 11 heteroatoms. The molecule has 3 amide bonds. The Hall–Kier alpha value is -3.53. The maximum Gasteiger partial charge on any atom is 0.330 e. The maximum absolute atomic E-state index is 13.9. The van der Waals surface area contributed by atoms with E-state index < -0.39 is 0 Å². The first kappa shape index (κ1) is 28.5. The summed E-state index contributed by atoms with van der Waals surface area (Å²) in [6.07, 6.45) is 9.06. The van der Waals surface area contributed by atoms with Crippen LogP contribution in [0.2, 0.25) is 5.02 Å². The number of urea groups is 1. The number of carbonyl (C=O) groups is 2. The highest BCUT2D eigenvalue weighted by Gasteiger charge is 2.38. The third-order valence-electron chi connectivity index (χ3n) is 7.36. The van der Waals surface area contributed by atoms with Crippen LogP contribution in [-0.4, -0.2) is 54.8 Å². The molecule has 10 nitrogen and oxygen atoms in total. The molecule has 2 atom stereocenters. The van der Waals surface area contributed by atoms with Crippen molar-refractivity contribution in [3.8, 4) is 11.5 Å². The van der Waals surface area contributed by atoms with Crippen molar-refractivity contribution in [1.29, 1.82) is 0 Å². The molecule has 0 spiro atoms. The van der Waals surface area contributed by atoms with E-state index >= 15 is 0 Å². The van der Waals surface area contributed by atoms with Gasteiger partial charge in [0.25, 0.3) is 0 Å². The number of rotatable bonds is 9. The predicted molar refractivity (Wildman–Crippen MR) is 153 cm³/mol. The molecule has 2 saturated carbocycles. The number of halogens is 1. The lowest BCUT2D eigenvalue weighted by atomic mass is 9.90. The summed E-state index contributed by atoms with van der Waals surface area (Å²) in [4.78, 5) is 38.6. The average molecular weight is 557 g/mol. The summed E-state index contributed by atoms with van der Waals surface area (Å²) in [6.45, 7) is 4.38. The summed E-state index contributed by atoms with van der Waals surface area (Å²) < 4.78 is 10.8. The van der Waals surface area contributed by atoms with Gasteiger partial charge in [-0.25, -0.2) is 9.78 Å². The summed E-state index contributed by atoms with van der Waals surface area (Å²) in [7, 11) is 3.08. The van der Waals surface area contributed by atoms with Gasteiger partial charge in [0.15, 0.2) is 0 Å². The van der Waals surface area contributed by atoms with E-state index in [1.807, 2.05) is 0 Å². The van der Waals surface area contributed by atoms with E-state index in [1.165, 1.54) is 13.2 Å². The molecule has 3 aliphatic rings. The molecule has 2 aliphatic carbocycles. The molecule has 2 aromatic rings. The van der Waals surface area contributed by atoms with E-state index in [2.05, 4.69) is 22.2 Å². The van der Waals surface area contributed by atoms with Gasteiger partial charge in [-0.2, -0.15) is 4.98 Å². The van der Waals surface area contributed by atoms with Gasteiger partial charge in [0.05, 0.1) is 26.5 Å². The number of anilines is 3. The van der Waals surface area contributed by atoms with Crippen LogP contribution >= 0.6 is 11.6 Å². The van der Waals surface area contributed by atoms with Gasteiger partial charge < -0.3 is 20.1 Å². The number of aromatic nitrogens is 2. The van der Waals surface area contributed by atoms with Gasteiger partial charge in [0.2, 0.25) is 11.9 Å². The number of fused-ring (bicyclic) bond motifs is 1. The Morgan fingerprint density at radius 2 is 1.92 bits per heavy atom. The number of methoxy groups -OCH3 is 2. The van der Waals surface area contributed by atoms with Gasteiger partial charge in [-0.3, -0.25) is 14.6 Å². The third-order valence-corrected chi connectivity index (χ3v) is 7.74. The van der Waals surface area contributed by atoms with E-state index in [4.69, 9.17) is 26.1 Å². The van der Waals surface area contributed by atoms with E-state index in [9.17, 15) is 9.59 Å². The van der Waals surface area contributed by atoms with Crippen molar-refractivity contribution in [2.24, 2.45) is 5.92 Å². The molecule has 2 unspecified atom stereocenters. The number of nitrogens with zero attached hydrogens (tertiary/aromatic N) is 4. The number of ether oxygens (including phenoxy) is 2. The SMILES string of the molecule is C.C=CC(=O)NC1CCCCC1Nc1ncc2c(n1)N(CC1CC1)C(=O)N(c1cc(OC)cc(OC)c1Cl)C2. The zero-order valence-electron chi connectivity index (χ0n) is 21.7. The second kappa shape index (κ2) is 12.1. The van der Waals surface area contributed by atoms with Gasteiger partial charge in [0, 0.05) is 42.5 Å². The fourth-order valence-electron chi connectivity index (χ4n) is 5.10. The first-order valence-corrected chi connectivity index (χ1v) is 13.4. The van der Waals surface area contributed by atoms with Gasteiger partial charge in [-0.15, -0.1) is 0 Å². The standard InChI is InChI=1S/C27H33ClN6O4.CH4/c1-4-23(35)30-19-7-5-6-8-20(19)31-26-29-13-17-15-33(21-11-18(37-2)12-22(38-3)24(21)28)27(36)34(25(17)32-26)14-16-9-10-16;/h4,11-13,16,19-20H,1,5-10,14-15H2,2-3H3,(H,30,35)(H,29,31,32);1H4. The molecule has 2 fully saturated rings. The predicted octanol–water partition coefficient (Wildman–Crippen LogP) is 5.17. The monoisotopic (exact) mass is 556 g/mol. The van der Waals surface area contributed by atoms with Crippen LogP contribution in [0.15, 0.2) is 31.0 Å². The van der Waals surface area contributed by atoms with E-state index in [0.717, 1.165) is 44.1 Å². The van der Waals surface area contributed by atoms with Crippen LogP contribution in [0, 0.1) is 5.92 Å². The first-order chi connectivity index (χ1) is 18.4. The molecule has 2 N–H and O–H groups in total. The third kappa shape index (κ3) is 6.06. The van der Waals surface area contributed by atoms with Gasteiger partial charge >= 0.3 is 6.03 Å². The largest absolute Gasteiger partial charge is 0.497 e. The van der Waals surface area contributed by atoms with Crippen LogP contribution in [0.5, 0.6) is 11.5 Å². The minimum Gasteiger partial charge on any atom is -0.497 e. The van der Waals surface area contributed by atoms with Crippen molar-refractivity contribution < 1.29 is 19.1 Å². The lowest BCUT2D eigenvalue weighted by molar-refractivity contribution is -0.117. The topological polar surface area (TPSA) is 109 Å². The van der Waals surface area contributed by atoms with E-state index in [-0.39, 0.29) is 38.0 Å². The molecular formula is C28H37ClN6O4. The van der Waals surface area contributed by atoms with Crippen molar-refractivity contribution in [2.75, 3.05) is 35.9 Å². The lowest BCUT2D eigenvalue weighted by Crippen LogP contribution is -2.49. The van der Waals surface area contributed by atoms with Gasteiger partial charge in [0.1, 0.15) is 22.3 Å². The quantitative estimate of drug-likeness (QED) is 0.410. The molecule has 1 aliphatic heterocycles. The van der Waals surface area contributed by atoms with Crippen molar-refractivity contribution in [3.05, 3.63) is 41.6 Å². The van der Waals surface area contributed by atoms with Crippen molar-refractivity contribution in [3.63, 3.8) is 0 Å². The molecule has 2 heterocycles. The van der Waals surface area contributed by atoms with E-state index in [0.29, 0.717) is 46.4 Å². The highest BCUT2D eigenvalue weighted by atomic mass is 35.5. The highest BCUT2D eigenvalue weighted by Crippen LogP contribution is 2.42. The normalized spacial score (nSPS) is 20.4. The van der Waals surface area contributed by atoms with Crippen LogP contribution in [0.3, 0.4) is 0 Å². The summed E-state index contributed by atoms with van der Waals surface area (Å²) >= 11 is 6.65. The van der Waals surface area contributed by atoms with Crippen molar-refractivity contribution in [2.45, 2.75) is 64.6 Å². The summed E-state index contributed by atoms with van der Waals surface area (Å²) in [5.74, 6) is 2.25. The molecule has 39 heavy (non-hydrogen) atoms. The van der Waals surface area contributed by atoms with Gasteiger partial charge in [-0.1, -0.05) is 38.4 Å². The maximum atomic E-state index is 13.9. The molecular weight excluding hydrogens is 520 g/mol.